The maximum Gasteiger partial charge on any atom is 0.418 e. The van der Waals surface area contributed by atoms with Gasteiger partial charge in [-0.15, -0.1) is 0 Å². The van der Waals surface area contributed by atoms with Crippen LogP contribution < -0.4 is 15.5 Å². The molecule has 2 aromatic rings. The first-order valence-corrected chi connectivity index (χ1v) is 8.44. The number of alkyl halides is 3. The molecule has 0 fully saturated rings. The van der Waals surface area contributed by atoms with Crippen LogP contribution in [0.5, 0.6) is 11.5 Å². The van der Waals surface area contributed by atoms with E-state index in [1.54, 1.807) is 12.1 Å². The molecular formula is C18H18F3N3O2S. The molecule has 0 aliphatic carbocycles. The van der Waals surface area contributed by atoms with E-state index in [-0.39, 0.29) is 16.5 Å². The van der Waals surface area contributed by atoms with Crippen molar-refractivity contribution in [2.75, 3.05) is 11.9 Å². The number of nitrogens with zero attached hydrogens (tertiary/aromatic N) is 1. The molecule has 0 saturated carbocycles. The lowest BCUT2D eigenvalue weighted by atomic mass is 10.2. The maximum absolute atomic E-state index is 13.0. The van der Waals surface area contributed by atoms with Crippen LogP contribution in [0.2, 0.25) is 0 Å². The first kappa shape index (κ1) is 20.5. The topological polar surface area (TPSA) is 65.9 Å². The van der Waals surface area contributed by atoms with Gasteiger partial charge in [0.2, 0.25) is 0 Å². The molecule has 0 saturated heterocycles. The van der Waals surface area contributed by atoms with Crippen LogP contribution >= 0.6 is 12.2 Å². The van der Waals surface area contributed by atoms with Gasteiger partial charge < -0.3 is 15.2 Å². The Morgan fingerprint density at radius 2 is 2.00 bits per heavy atom. The van der Waals surface area contributed by atoms with Gasteiger partial charge in [0.25, 0.3) is 0 Å². The number of anilines is 1. The highest BCUT2D eigenvalue weighted by Crippen LogP contribution is 2.34. The number of phenolic OH excluding ortho intramolecular Hbond substituents is 1. The van der Waals surface area contributed by atoms with Crippen molar-refractivity contribution in [1.82, 2.24) is 5.43 Å². The zero-order chi connectivity index (χ0) is 19.9. The van der Waals surface area contributed by atoms with Crippen molar-refractivity contribution in [3.05, 3.63) is 53.6 Å². The van der Waals surface area contributed by atoms with E-state index in [1.165, 1.54) is 30.5 Å². The summed E-state index contributed by atoms with van der Waals surface area (Å²) in [6.07, 6.45) is -2.37. The maximum atomic E-state index is 13.0. The van der Waals surface area contributed by atoms with Crippen molar-refractivity contribution < 1.29 is 23.0 Å². The molecule has 0 aromatic heterocycles. The van der Waals surface area contributed by atoms with Crippen molar-refractivity contribution >= 4 is 29.2 Å². The number of para-hydroxylation sites is 1. The molecule has 3 N–H and O–H groups in total. The Bertz CT molecular complexity index is 826. The molecule has 0 amide bonds. The first-order chi connectivity index (χ1) is 12.8. The van der Waals surface area contributed by atoms with Gasteiger partial charge in [0.05, 0.1) is 24.1 Å². The van der Waals surface area contributed by atoms with E-state index in [2.05, 4.69) is 15.8 Å². The lowest BCUT2D eigenvalue weighted by molar-refractivity contribution is -0.136. The fraction of sp³-hybridized carbons (Fsp3) is 0.222. The number of hydrogen-bond acceptors (Lipinski definition) is 4. The first-order valence-electron chi connectivity index (χ1n) is 8.03. The standard InChI is InChI=1S/C18H18F3N3O2S/c1-2-9-26-13-8-7-12(16(25)10-13)11-22-24-17(27)23-15-6-4-3-5-14(15)18(19,20)21/h3-8,10-11,25H,2,9H2,1H3,(H2,23,24,27)/b22-11+. The molecule has 9 heteroatoms. The minimum atomic E-state index is -4.50. The smallest absolute Gasteiger partial charge is 0.418 e. The van der Waals surface area contributed by atoms with Crippen molar-refractivity contribution in [2.24, 2.45) is 5.10 Å². The van der Waals surface area contributed by atoms with Crippen LogP contribution in [0, 0.1) is 0 Å². The quantitative estimate of drug-likeness (QED) is 0.380. The van der Waals surface area contributed by atoms with Crippen molar-refractivity contribution in [3.63, 3.8) is 0 Å². The number of halogens is 3. The van der Waals surface area contributed by atoms with E-state index in [0.29, 0.717) is 17.9 Å². The number of thiocarbonyl (C=S) groups is 1. The predicted molar refractivity (Wildman–Crippen MR) is 102 cm³/mol. The SMILES string of the molecule is CCCOc1ccc(/C=N/NC(=S)Nc2ccccc2C(F)(F)F)c(O)c1. The van der Waals surface area contributed by atoms with Gasteiger partial charge >= 0.3 is 6.18 Å². The number of nitrogens with one attached hydrogen (secondary N) is 2. The predicted octanol–water partition coefficient (Wildman–Crippen LogP) is 4.52. The van der Waals surface area contributed by atoms with Crippen molar-refractivity contribution in [3.8, 4) is 11.5 Å². The molecule has 144 valence electrons. The van der Waals surface area contributed by atoms with Crippen LogP contribution in [0.3, 0.4) is 0 Å². The van der Waals surface area contributed by atoms with Gasteiger partial charge in [0.15, 0.2) is 5.11 Å². The molecule has 0 radical (unpaired) electrons. The third-order valence-corrected chi connectivity index (χ3v) is 3.52. The van der Waals surface area contributed by atoms with Crippen molar-refractivity contribution in [1.29, 1.82) is 0 Å². The third-order valence-electron chi connectivity index (χ3n) is 3.33. The highest BCUT2D eigenvalue weighted by molar-refractivity contribution is 7.80. The number of rotatable bonds is 6. The van der Waals surface area contributed by atoms with E-state index in [9.17, 15) is 18.3 Å². The molecular weight excluding hydrogens is 379 g/mol. The Balaban J connectivity index is 1.98. The van der Waals surface area contributed by atoms with E-state index >= 15 is 0 Å². The molecule has 0 aliphatic rings. The van der Waals surface area contributed by atoms with Crippen LogP contribution in [-0.2, 0) is 6.18 Å². The largest absolute Gasteiger partial charge is 0.507 e. The second-order valence-corrected chi connectivity index (χ2v) is 5.84. The molecule has 0 atom stereocenters. The molecule has 0 unspecified atom stereocenters. The van der Waals surface area contributed by atoms with Gasteiger partial charge in [-0.05, 0) is 42.9 Å². The summed E-state index contributed by atoms with van der Waals surface area (Å²) in [6, 6.07) is 9.69. The summed E-state index contributed by atoms with van der Waals surface area (Å²) < 4.78 is 44.3. The van der Waals surface area contributed by atoms with Gasteiger partial charge in [-0.1, -0.05) is 19.1 Å². The number of hydrogen-bond donors (Lipinski definition) is 3. The molecule has 5 nitrogen and oxygen atoms in total. The fourth-order valence-electron chi connectivity index (χ4n) is 2.09. The number of hydrazone groups is 1. The zero-order valence-electron chi connectivity index (χ0n) is 14.4. The summed E-state index contributed by atoms with van der Waals surface area (Å²) in [7, 11) is 0. The molecule has 0 aliphatic heterocycles. The van der Waals surface area contributed by atoms with E-state index in [0.717, 1.165) is 12.5 Å². The lowest BCUT2D eigenvalue weighted by Gasteiger charge is -2.14. The monoisotopic (exact) mass is 397 g/mol. The van der Waals surface area contributed by atoms with Gasteiger partial charge in [-0.3, -0.25) is 5.43 Å². The van der Waals surface area contributed by atoms with Gasteiger partial charge in [0, 0.05) is 11.6 Å². The van der Waals surface area contributed by atoms with Crippen LogP contribution in [0.1, 0.15) is 24.5 Å². The van der Waals surface area contributed by atoms with E-state index in [1.807, 2.05) is 6.92 Å². The lowest BCUT2D eigenvalue weighted by Crippen LogP contribution is -2.25. The molecule has 0 heterocycles. The number of phenols is 1. The molecule has 2 aromatic carbocycles. The van der Waals surface area contributed by atoms with E-state index in [4.69, 9.17) is 17.0 Å². The Hall–Kier alpha value is -2.81. The summed E-state index contributed by atoms with van der Waals surface area (Å²) in [5.41, 5.74) is 1.79. The summed E-state index contributed by atoms with van der Waals surface area (Å²) in [4.78, 5) is 0. The highest BCUT2D eigenvalue weighted by atomic mass is 32.1. The summed E-state index contributed by atoms with van der Waals surface area (Å²) in [5.74, 6) is 0.482. The van der Waals surface area contributed by atoms with Gasteiger partial charge in [-0.2, -0.15) is 18.3 Å². The van der Waals surface area contributed by atoms with Crippen LogP contribution in [0.15, 0.2) is 47.6 Å². The van der Waals surface area contributed by atoms with Crippen LogP contribution in [-0.4, -0.2) is 23.0 Å². The molecule has 2 rings (SSSR count). The minimum absolute atomic E-state index is 0.0459. The Kier molecular flexibility index (Phi) is 7.00. The van der Waals surface area contributed by atoms with Gasteiger partial charge in [0.1, 0.15) is 11.5 Å². The van der Waals surface area contributed by atoms with Gasteiger partial charge in [-0.25, -0.2) is 0 Å². The zero-order valence-corrected chi connectivity index (χ0v) is 15.2. The highest BCUT2D eigenvalue weighted by Gasteiger charge is 2.33. The summed E-state index contributed by atoms with van der Waals surface area (Å²) >= 11 is 4.95. The number of benzene rings is 2. The Labute approximate surface area is 159 Å². The van der Waals surface area contributed by atoms with Crippen LogP contribution in [0.4, 0.5) is 18.9 Å². The Morgan fingerprint density at radius 1 is 1.26 bits per heavy atom. The number of ether oxygens (including phenoxy) is 1. The molecule has 0 bridgehead atoms. The second kappa shape index (κ2) is 9.22. The van der Waals surface area contributed by atoms with Crippen molar-refractivity contribution in [2.45, 2.75) is 19.5 Å². The van der Waals surface area contributed by atoms with E-state index < -0.39 is 11.7 Å². The Morgan fingerprint density at radius 3 is 2.67 bits per heavy atom. The normalized spacial score (nSPS) is 11.4. The molecule has 0 spiro atoms. The number of aromatic hydroxyl groups is 1. The third kappa shape index (κ3) is 6.14. The average Bonchev–Trinajstić information content (AvgIpc) is 2.61. The van der Waals surface area contributed by atoms with Crippen LogP contribution in [0.25, 0.3) is 0 Å². The summed E-state index contributed by atoms with van der Waals surface area (Å²) in [5, 5.41) is 16.1. The second-order valence-electron chi connectivity index (χ2n) is 5.44. The minimum Gasteiger partial charge on any atom is -0.507 e. The molecule has 27 heavy (non-hydrogen) atoms. The average molecular weight is 397 g/mol. The fourth-order valence-corrected chi connectivity index (χ4v) is 2.26. The summed E-state index contributed by atoms with van der Waals surface area (Å²) in [6.45, 7) is 2.50.